The van der Waals surface area contributed by atoms with Crippen molar-refractivity contribution in [3.05, 3.63) is 29.8 Å². The molecule has 0 unspecified atom stereocenters. The fourth-order valence-corrected chi connectivity index (χ4v) is 2.76. The van der Waals surface area contributed by atoms with Gasteiger partial charge in [0.15, 0.2) is 0 Å². The first-order valence-electron chi connectivity index (χ1n) is 5.90. The second kappa shape index (κ2) is 3.48. The van der Waals surface area contributed by atoms with Crippen molar-refractivity contribution in [1.82, 2.24) is 0 Å². The minimum Gasteiger partial charge on any atom is -0.497 e. The standard InChI is InChI=1S/C14H15NO2/c1-16-12-4-2-11(3-5-12)14(9-17-10-14)13(8-15)6-7-13/h2-5H,6-7,9-10H2,1H3. The van der Waals surface area contributed by atoms with Gasteiger partial charge in [0.1, 0.15) is 5.75 Å². The fourth-order valence-electron chi connectivity index (χ4n) is 2.76. The van der Waals surface area contributed by atoms with E-state index < -0.39 is 0 Å². The minimum atomic E-state index is -0.181. The molecule has 0 bridgehead atoms. The third-order valence-electron chi connectivity index (χ3n) is 4.22. The van der Waals surface area contributed by atoms with Crippen LogP contribution in [-0.4, -0.2) is 20.3 Å². The molecule has 1 aromatic rings. The average molecular weight is 229 g/mol. The molecule has 3 nitrogen and oxygen atoms in total. The van der Waals surface area contributed by atoms with E-state index in [0.29, 0.717) is 13.2 Å². The highest BCUT2D eigenvalue weighted by Gasteiger charge is 2.64. The Morgan fingerprint density at radius 2 is 1.88 bits per heavy atom. The van der Waals surface area contributed by atoms with E-state index in [1.807, 2.05) is 12.1 Å². The zero-order chi connectivity index (χ0) is 11.9. The molecule has 0 amide bonds. The normalized spacial score (nSPS) is 23.3. The van der Waals surface area contributed by atoms with Crippen LogP contribution in [0.3, 0.4) is 0 Å². The van der Waals surface area contributed by atoms with Crippen molar-refractivity contribution in [2.75, 3.05) is 20.3 Å². The minimum absolute atomic E-state index is 0.0754. The van der Waals surface area contributed by atoms with Crippen LogP contribution in [0.15, 0.2) is 24.3 Å². The predicted octanol–water partition coefficient (Wildman–Crippen LogP) is 2.27. The maximum atomic E-state index is 9.39. The van der Waals surface area contributed by atoms with Crippen LogP contribution in [0.5, 0.6) is 5.75 Å². The van der Waals surface area contributed by atoms with E-state index in [2.05, 4.69) is 18.2 Å². The Morgan fingerprint density at radius 3 is 2.24 bits per heavy atom. The van der Waals surface area contributed by atoms with Gasteiger partial charge in [-0.25, -0.2) is 0 Å². The van der Waals surface area contributed by atoms with E-state index in [9.17, 15) is 5.26 Å². The molecule has 3 heteroatoms. The Hall–Kier alpha value is -1.53. The Kier molecular flexibility index (Phi) is 2.17. The lowest BCUT2D eigenvalue weighted by molar-refractivity contribution is -0.0867. The van der Waals surface area contributed by atoms with E-state index >= 15 is 0 Å². The van der Waals surface area contributed by atoms with Crippen LogP contribution in [0.1, 0.15) is 18.4 Å². The van der Waals surface area contributed by atoms with E-state index in [-0.39, 0.29) is 10.8 Å². The molecular weight excluding hydrogens is 214 g/mol. The summed E-state index contributed by atoms with van der Waals surface area (Å²) < 4.78 is 10.6. The molecule has 88 valence electrons. The smallest absolute Gasteiger partial charge is 0.118 e. The number of nitriles is 1. The van der Waals surface area contributed by atoms with Crippen molar-refractivity contribution < 1.29 is 9.47 Å². The average Bonchev–Trinajstić information content (AvgIpc) is 3.10. The fraction of sp³-hybridized carbons (Fsp3) is 0.500. The van der Waals surface area contributed by atoms with Crippen LogP contribution in [-0.2, 0) is 10.2 Å². The Bertz CT molecular complexity index is 464. The van der Waals surface area contributed by atoms with Crippen molar-refractivity contribution in [3.8, 4) is 11.8 Å². The molecule has 1 aliphatic heterocycles. The van der Waals surface area contributed by atoms with Gasteiger partial charge in [-0.05, 0) is 30.5 Å². The van der Waals surface area contributed by atoms with Crippen molar-refractivity contribution in [2.24, 2.45) is 5.41 Å². The largest absolute Gasteiger partial charge is 0.497 e. The van der Waals surface area contributed by atoms with Gasteiger partial charge in [0.2, 0.25) is 0 Å². The number of ether oxygens (including phenoxy) is 2. The third-order valence-corrected chi connectivity index (χ3v) is 4.22. The summed E-state index contributed by atoms with van der Waals surface area (Å²) in [5, 5.41) is 9.39. The quantitative estimate of drug-likeness (QED) is 0.798. The summed E-state index contributed by atoms with van der Waals surface area (Å²) >= 11 is 0. The zero-order valence-electron chi connectivity index (χ0n) is 9.90. The maximum Gasteiger partial charge on any atom is 0.118 e. The highest BCUT2D eigenvalue weighted by Crippen LogP contribution is 2.62. The third kappa shape index (κ3) is 1.31. The molecular formula is C14H15NO2. The number of methoxy groups -OCH3 is 1. The van der Waals surface area contributed by atoms with Crippen LogP contribution < -0.4 is 4.74 Å². The second-order valence-corrected chi connectivity index (χ2v) is 5.00. The Balaban J connectivity index is 1.98. The molecule has 1 saturated heterocycles. The lowest BCUT2D eigenvalue weighted by atomic mass is 9.67. The van der Waals surface area contributed by atoms with Crippen LogP contribution >= 0.6 is 0 Å². The summed E-state index contributed by atoms with van der Waals surface area (Å²) in [6, 6.07) is 10.6. The summed E-state index contributed by atoms with van der Waals surface area (Å²) in [6.07, 6.45) is 2.00. The first-order chi connectivity index (χ1) is 8.26. The second-order valence-electron chi connectivity index (χ2n) is 5.00. The molecule has 0 N–H and O–H groups in total. The van der Waals surface area contributed by atoms with Crippen molar-refractivity contribution in [1.29, 1.82) is 5.26 Å². The van der Waals surface area contributed by atoms with Crippen LogP contribution in [0.4, 0.5) is 0 Å². The molecule has 0 spiro atoms. The predicted molar refractivity (Wildman–Crippen MR) is 62.8 cm³/mol. The topological polar surface area (TPSA) is 42.2 Å². The summed E-state index contributed by atoms with van der Waals surface area (Å²) in [6.45, 7) is 1.35. The first-order valence-corrected chi connectivity index (χ1v) is 5.90. The maximum absolute atomic E-state index is 9.39. The zero-order valence-corrected chi connectivity index (χ0v) is 9.90. The summed E-state index contributed by atoms with van der Waals surface area (Å²) in [7, 11) is 1.66. The number of hydrogen-bond acceptors (Lipinski definition) is 3. The van der Waals surface area contributed by atoms with Gasteiger partial charge in [-0.2, -0.15) is 5.26 Å². The van der Waals surface area contributed by atoms with Gasteiger partial charge in [0.05, 0.1) is 37.2 Å². The van der Waals surface area contributed by atoms with E-state index in [1.165, 1.54) is 5.56 Å². The molecule has 0 radical (unpaired) electrons. The Labute approximate surface area is 101 Å². The van der Waals surface area contributed by atoms with Crippen LogP contribution in [0.2, 0.25) is 0 Å². The van der Waals surface area contributed by atoms with E-state index in [4.69, 9.17) is 9.47 Å². The van der Waals surface area contributed by atoms with Crippen molar-refractivity contribution >= 4 is 0 Å². The first kappa shape index (κ1) is 10.6. The molecule has 0 atom stereocenters. The monoisotopic (exact) mass is 229 g/mol. The van der Waals surface area contributed by atoms with Gasteiger partial charge in [0.25, 0.3) is 0 Å². The Morgan fingerprint density at radius 1 is 1.24 bits per heavy atom. The SMILES string of the molecule is COc1ccc(C2(C3(C#N)CC3)COC2)cc1. The summed E-state index contributed by atoms with van der Waals surface area (Å²) in [5.41, 5.74) is 0.956. The number of benzene rings is 1. The van der Waals surface area contributed by atoms with Gasteiger partial charge in [-0.3, -0.25) is 0 Å². The molecule has 17 heavy (non-hydrogen) atoms. The molecule has 1 saturated carbocycles. The van der Waals surface area contributed by atoms with Gasteiger partial charge < -0.3 is 9.47 Å². The van der Waals surface area contributed by atoms with Gasteiger partial charge in [-0.15, -0.1) is 0 Å². The summed E-state index contributed by atoms with van der Waals surface area (Å²) in [4.78, 5) is 0. The van der Waals surface area contributed by atoms with Crippen molar-refractivity contribution in [2.45, 2.75) is 18.3 Å². The number of hydrogen-bond donors (Lipinski definition) is 0. The molecule has 1 heterocycles. The number of nitrogens with zero attached hydrogens (tertiary/aromatic N) is 1. The van der Waals surface area contributed by atoms with Crippen molar-refractivity contribution in [3.63, 3.8) is 0 Å². The van der Waals surface area contributed by atoms with E-state index in [0.717, 1.165) is 18.6 Å². The molecule has 1 aromatic carbocycles. The summed E-state index contributed by atoms with van der Waals surface area (Å²) in [5.74, 6) is 0.853. The van der Waals surface area contributed by atoms with Crippen LogP contribution in [0, 0.1) is 16.7 Å². The molecule has 2 fully saturated rings. The number of rotatable bonds is 3. The lowest BCUT2D eigenvalue weighted by Crippen LogP contribution is -2.53. The van der Waals surface area contributed by atoms with Gasteiger partial charge in [0, 0.05) is 0 Å². The van der Waals surface area contributed by atoms with Crippen LogP contribution in [0.25, 0.3) is 0 Å². The lowest BCUT2D eigenvalue weighted by Gasteiger charge is -2.45. The highest BCUT2D eigenvalue weighted by molar-refractivity contribution is 5.41. The molecule has 3 rings (SSSR count). The highest BCUT2D eigenvalue weighted by atomic mass is 16.5. The molecule has 1 aliphatic carbocycles. The van der Waals surface area contributed by atoms with E-state index in [1.54, 1.807) is 7.11 Å². The molecule has 2 aliphatic rings. The van der Waals surface area contributed by atoms with Gasteiger partial charge >= 0.3 is 0 Å². The molecule has 0 aromatic heterocycles. The van der Waals surface area contributed by atoms with Gasteiger partial charge in [-0.1, -0.05) is 12.1 Å².